The Kier molecular flexibility index (Phi) is 9.60. The monoisotopic (exact) mass is 575 g/mol. The van der Waals surface area contributed by atoms with Gasteiger partial charge in [0, 0.05) is 62.9 Å². The fourth-order valence-electron chi connectivity index (χ4n) is 4.81. The van der Waals surface area contributed by atoms with Crippen molar-refractivity contribution in [1.82, 2.24) is 14.9 Å². The Hall–Kier alpha value is -3.41. The molecule has 10 nitrogen and oxygen atoms in total. The van der Waals surface area contributed by atoms with E-state index in [9.17, 15) is 13.6 Å². The van der Waals surface area contributed by atoms with Crippen molar-refractivity contribution < 1.29 is 21.1 Å². The molecule has 2 aromatic carbocycles. The predicted octanol–water partition coefficient (Wildman–Crippen LogP) is 3.63. The lowest BCUT2D eigenvalue weighted by Gasteiger charge is -2.41. The molecule has 0 bridgehead atoms. The first-order chi connectivity index (χ1) is 18.8. The SMILES string of the molecule is COc1cc(N)ncn1.C[C@H](C(=O)N1CCN(c2ccc(S(=O)[O-])cc2)CC1)N1CCCc2cc(Cl)ccc21.[HH].[HH]. The summed E-state index contributed by atoms with van der Waals surface area (Å²) in [5, 5.41) is 0.736. The van der Waals surface area contributed by atoms with Crippen molar-refractivity contribution in [3.8, 4) is 5.88 Å². The molecule has 12 heteroatoms. The Morgan fingerprint density at radius 3 is 2.44 bits per heavy atom. The van der Waals surface area contributed by atoms with Gasteiger partial charge in [0.05, 0.1) is 7.11 Å². The first-order valence-electron chi connectivity index (χ1n) is 12.7. The van der Waals surface area contributed by atoms with Crippen LogP contribution < -0.4 is 20.3 Å². The van der Waals surface area contributed by atoms with Crippen molar-refractivity contribution in [2.75, 3.05) is 55.4 Å². The molecule has 3 aromatic rings. The van der Waals surface area contributed by atoms with E-state index in [4.69, 9.17) is 22.1 Å². The zero-order chi connectivity index (χ0) is 27.9. The Bertz CT molecular complexity index is 1320. The smallest absolute Gasteiger partial charge is 0.245 e. The molecule has 2 atom stereocenters. The second-order valence-corrected chi connectivity index (χ2v) is 10.6. The second-order valence-electron chi connectivity index (χ2n) is 9.27. The summed E-state index contributed by atoms with van der Waals surface area (Å²) in [6.07, 6.45) is 3.36. The molecule has 0 spiro atoms. The van der Waals surface area contributed by atoms with Gasteiger partial charge in [0.1, 0.15) is 18.2 Å². The topological polar surface area (TPSA) is 128 Å². The van der Waals surface area contributed by atoms with E-state index in [1.54, 1.807) is 18.2 Å². The number of aromatic nitrogens is 2. The van der Waals surface area contributed by atoms with Gasteiger partial charge in [-0.25, -0.2) is 9.97 Å². The van der Waals surface area contributed by atoms with Gasteiger partial charge in [0.15, 0.2) is 0 Å². The lowest BCUT2D eigenvalue weighted by atomic mass is 10.00. The maximum absolute atomic E-state index is 13.2. The minimum Gasteiger partial charge on any atom is -0.768 e. The molecule has 0 saturated carbocycles. The van der Waals surface area contributed by atoms with Crippen molar-refractivity contribution >= 4 is 45.8 Å². The number of piperazine rings is 1. The molecular weight excluding hydrogens is 540 g/mol. The highest BCUT2D eigenvalue weighted by molar-refractivity contribution is 7.79. The van der Waals surface area contributed by atoms with Crippen LogP contribution in [0.5, 0.6) is 5.88 Å². The molecule has 5 rings (SSSR count). The number of benzene rings is 2. The summed E-state index contributed by atoms with van der Waals surface area (Å²) in [4.78, 5) is 27.2. The molecule has 1 aromatic heterocycles. The molecule has 1 unspecified atom stereocenters. The largest absolute Gasteiger partial charge is 0.768 e. The third-order valence-electron chi connectivity index (χ3n) is 6.88. The van der Waals surface area contributed by atoms with Crippen molar-refractivity contribution in [2.45, 2.75) is 30.7 Å². The lowest BCUT2D eigenvalue weighted by molar-refractivity contribution is -0.132. The Balaban J connectivity index is 0.000000459. The molecule has 212 valence electrons. The molecular formula is C27H36ClN6O4S-. The number of carbonyl (C=O) groups is 1. The van der Waals surface area contributed by atoms with Crippen LogP contribution in [-0.4, -0.2) is 75.4 Å². The van der Waals surface area contributed by atoms with Crippen LogP contribution in [0, 0.1) is 0 Å². The van der Waals surface area contributed by atoms with Gasteiger partial charge in [0.2, 0.25) is 11.8 Å². The zero-order valence-electron chi connectivity index (χ0n) is 22.0. The van der Waals surface area contributed by atoms with E-state index in [0.29, 0.717) is 24.8 Å². The van der Waals surface area contributed by atoms with Gasteiger partial charge in [0.25, 0.3) is 0 Å². The molecule has 2 aliphatic rings. The Morgan fingerprint density at radius 1 is 1.10 bits per heavy atom. The average Bonchev–Trinajstić information content (AvgIpc) is 2.96. The van der Waals surface area contributed by atoms with Gasteiger partial charge < -0.3 is 29.7 Å². The quantitative estimate of drug-likeness (QED) is 0.453. The van der Waals surface area contributed by atoms with E-state index >= 15 is 0 Å². The number of halogens is 1. The first-order valence-corrected chi connectivity index (χ1v) is 14.1. The summed E-state index contributed by atoms with van der Waals surface area (Å²) >= 11 is 3.93. The summed E-state index contributed by atoms with van der Waals surface area (Å²) in [6.45, 7) is 5.61. The number of carbonyl (C=O) groups excluding carboxylic acids is 1. The summed E-state index contributed by atoms with van der Waals surface area (Å²) in [6, 6.07) is 14.1. The molecule has 1 fully saturated rings. The molecule has 3 heterocycles. The van der Waals surface area contributed by atoms with Crippen molar-refractivity contribution in [3.05, 3.63) is 65.4 Å². The summed E-state index contributed by atoms with van der Waals surface area (Å²) < 4.78 is 26.8. The van der Waals surface area contributed by atoms with Gasteiger partial charge in [-0.1, -0.05) is 11.6 Å². The van der Waals surface area contributed by atoms with Gasteiger partial charge in [-0.15, -0.1) is 0 Å². The lowest BCUT2D eigenvalue weighted by Crippen LogP contribution is -2.55. The number of nitrogens with two attached hydrogens (primary N) is 1. The number of aryl methyl sites for hydroxylation is 1. The molecule has 2 aliphatic heterocycles. The molecule has 1 saturated heterocycles. The Labute approximate surface area is 239 Å². The standard InChI is InChI=1S/C22H26ClN3O3S.C5H7N3O.2H2/c1-16(26-10-2-3-17-15-18(23)4-9-21(17)26)22(27)25-13-11-24(12-14-25)19-5-7-20(8-6-19)30(28)29;1-9-5-2-4(6)7-3-8-5;;/h4-9,15-16H,2-3,10-14H2,1H3,(H,28,29);2-3H,1H3,(H2,6,7,8);2*1H/p-1/t16-;;;/m1.../s1. The van der Waals surface area contributed by atoms with E-state index in [1.165, 1.54) is 19.0 Å². The number of fused-ring (bicyclic) bond motifs is 1. The van der Waals surface area contributed by atoms with Crippen LogP contribution in [-0.2, 0) is 22.3 Å². The fourth-order valence-corrected chi connectivity index (χ4v) is 5.37. The molecule has 2 N–H and O–H groups in total. The predicted molar refractivity (Wildman–Crippen MR) is 156 cm³/mol. The van der Waals surface area contributed by atoms with Gasteiger partial charge in [-0.3, -0.25) is 9.00 Å². The zero-order valence-corrected chi connectivity index (χ0v) is 23.5. The number of ether oxygens (including phenoxy) is 1. The number of rotatable bonds is 5. The molecule has 0 aliphatic carbocycles. The highest BCUT2D eigenvalue weighted by atomic mass is 35.5. The van der Waals surface area contributed by atoms with E-state index < -0.39 is 11.1 Å². The van der Waals surface area contributed by atoms with Crippen LogP contribution in [0.4, 0.5) is 17.2 Å². The van der Waals surface area contributed by atoms with Crippen molar-refractivity contribution in [3.63, 3.8) is 0 Å². The van der Waals surface area contributed by atoms with E-state index in [0.717, 1.165) is 48.9 Å². The number of nitrogens with zero attached hydrogens (tertiary/aromatic N) is 5. The minimum atomic E-state index is -2.21. The highest BCUT2D eigenvalue weighted by Gasteiger charge is 2.31. The summed E-state index contributed by atoms with van der Waals surface area (Å²) in [5.41, 5.74) is 8.60. The molecule has 39 heavy (non-hydrogen) atoms. The Morgan fingerprint density at radius 2 is 1.82 bits per heavy atom. The van der Waals surface area contributed by atoms with Gasteiger partial charge in [-0.2, -0.15) is 0 Å². The number of hydrogen-bond acceptors (Lipinski definition) is 9. The van der Waals surface area contributed by atoms with Gasteiger partial charge >= 0.3 is 0 Å². The number of nitrogen functional groups attached to an aromatic ring is 1. The number of methoxy groups -OCH3 is 1. The maximum atomic E-state index is 13.2. The second kappa shape index (κ2) is 13.1. The average molecular weight is 576 g/mol. The van der Waals surface area contributed by atoms with E-state index in [-0.39, 0.29) is 19.7 Å². The van der Waals surface area contributed by atoms with Crippen molar-refractivity contribution in [2.24, 2.45) is 0 Å². The van der Waals surface area contributed by atoms with Crippen LogP contribution in [0.1, 0.15) is 21.8 Å². The third kappa shape index (κ3) is 7.17. The van der Waals surface area contributed by atoms with Gasteiger partial charge in [-0.05, 0) is 78.9 Å². The summed E-state index contributed by atoms with van der Waals surface area (Å²) in [7, 11) is 1.53. The maximum Gasteiger partial charge on any atom is 0.245 e. The van der Waals surface area contributed by atoms with Crippen LogP contribution in [0.15, 0.2) is 59.8 Å². The molecule has 1 amide bonds. The molecule has 0 radical (unpaired) electrons. The van der Waals surface area contributed by atoms with Crippen molar-refractivity contribution in [1.29, 1.82) is 0 Å². The fraction of sp³-hybridized carbons (Fsp3) is 0.370. The number of hydrogen-bond donors (Lipinski definition) is 1. The van der Waals surface area contributed by atoms with Crippen LogP contribution in [0.2, 0.25) is 5.02 Å². The van der Waals surface area contributed by atoms with Crippen LogP contribution >= 0.6 is 11.6 Å². The van der Waals surface area contributed by atoms with Crippen LogP contribution in [0.3, 0.4) is 0 Å². The van der Waals surface area contributed by atoms with Crippen LogP contribution in [0.25, 0.3) is 0 Å². The minimum absolute atomic E-state index is 0. The van der Waals surface area contributed by atoms with E-state index in [1.807, 2.05) is 42.2 Å². The summed E-state index contributed by atoms with van der Waals surface area (Å²) in [5.74, 6) is 1.05. The highest BCUT2D eigenvalue weighted by Crippen LogP contribution is 2.31. The first kappa shape index (κ1) is 28.6. The van der Waals surface area contributed by atoms with E-state index in [2.05, 4.69) is 19.8 Å². The normalized spacial score (nSPS) is 16.5. The number of anilines is 3. The third-order valence-corrected chi connectivity index (χ3v) is 7.77. The number of amides is 1.